The summed E-state index contributed by atoms with van der Waals surface area (Å²) < 4.78 is 32.8. The Labute approximate surface area is 151 Å². The number of amides is 1. The van der Waals surface area contributed by atoms with Gasteiger partial charge in [0, 0.05) is 6.07 Å². The summed E-state index contributed by atoms with van der Waals surface area (Å²) in [7, 11) is 0. The molecule has 0 radical (unpaired) electrons. The molecule has 1 fully saturated rings. The number of nitrogens with zero attached hydrogens (tertiary/aromatic N) is 1. The zero-order chi connectivity index (χ0) is 18.3. The third kappa shape index (κ3) is 3.03. The fourth-order valence-corrected chi connectivity index (χ4v) is 4.19. The molecule has 9 heteroatoms. The number of benzene rings is 1. The van der Waals surface area contributed by atoms with Gasteiger partial charge in [-0.3, -0.25) is 20.4 Å². The SMILES string of the molecule is O=C(NNc1nc2c(F)cc(F)cc2s1)C1=COC2CCCCC2C1=O. The molecule has 2 heterocycles. The summed E-state index contributed by atoms with van der Waals surface area (Å²) in [6.45, 7) is 0. The maximum Gasteiger partial charge on any atom is 0.276 e. The number of aromatic nitrogens is 1. The van der Waals surface area contributed by atoms with E-state index >= 15 is 0 Å². The van der Waals surface area contributed by atoms with Gasteiger partial charge in [0.15, 0.2) is 11.6 Å². The number of ketones is 1. The number of thiazole rings is 1. The second-order valence-electron chi connectivity index (χ2n) is 6.29. The number of halogens is 2. The summed E-state index contributed by atoms with van der Waals surface area (Å²) in [5.41, 5.74) is 4.86. The lowest BCUT2D eigenvalue weighted by atomic mass is 9.80. The lowest BCUT2D eigenvalue weighted by molar-refractivity contribution is -0.130. The number of anilines is 1. The van der Waals surface area contributed by atoms with Crippen LogP contribution in [0.5, 0.6) is 0 Å². The predicted molar refractivity (Wildman–Crippen MR) is 91.2 cm³/mol. The average molecular weight is 379 g/mol. The molecule has 2 unspecified atom stereocenters. The van der Waals surface area contributed by atoms with E-state index in [0.717, 1.165) is 42.7 Å². The highest BCUT2D eigenvalue weighted by Crippen LogP contribution is 2.33. The van der Waals surface area contributed by atoms with E-state index in [1.807, 2.05) is 0 Å². The number of rotatable bonds is 3. The van der Waals surface area contributed by atoms with E-state index in [4.69, 9.17) is 4.74 Å². The molecule has 1 aliphatic carbocycles. The van der Waals surface area contributed by atoms with Crippen molar-refractivity contribution in [3.63, 3.8) is 0 Å². The van der Waals surface area contributed by atoms with E-state index in [0.29, 0.717) is 11.1 Å². The lowest BCUT2D eigenvalue weighted by Crippen LogP contribution is -2.42. The third-order valence-electron chi connectivity index (χ3n) is 4.61. The molecule has 2 N–H and O–H groups in total. The molecule has 4 rings (SSSR count). The van der Waals surface area contributed by atoms with Crippen LogP contribution in [-0.2, 0) is 14.3 Å². The number of hydrogen-bond acceptors (Lipinski definition) is 6. The van der Waals surface area contributed by atoms with Crippen LogP contribution in [0.2, 0.25) is 0 Å². The van der Waals surface area contributed by atoms with Gasteiger partial charge >= 0.3 is 0 Å². The van der Waals surface area contributed by atoms with Crippen LogP contribution in [-0.4, -0.2) is 22.8 Å². The van der Waals surface area contributed by atoms with Crippen LogP contribution in [0.4, 0.5) is 13.9 Å². The predicted octanol–water partition coefficient (Wildman–Crippen LogP) is 3.06. The summed E-state index contributed by atoms with van der Waals surface area (Å²) >= 11 is 0.981. The topological polar surface area (TPSA) is 80.3 Å². The molecule has 1 amide bonds. The Balaban J connectivity index is 1.46. The van der Waals surface area contributed by atoms with Crippen molar-refractivity contribution in [2.45, 2.75) is 31.8 Å². The van der Waals surface area contributed by atoms with Gasteiger partial charge in [0.05, 0.1) is 16.9 Å². The number of nitrogens with one attached hydrogen (secondary N) is 2. The summed E-state index contributed by atoms with van der Waals surface area (Å²) in [6.07, 6.45) is 4.54. The first-order valence-corrected chi connectivity index (χ1v) is 9.06. The van der Waals surface area contributed by atoms with E-state index in [9.17, 15) is 18.4 Å². The zero-order valence-corrected chi connectivity index (χ0v) is 14.4. The minimum absolute atomic E-state index is 0.00879. The van der Waals surface area contributed by atoms with Gasteiger partial charge in [-0.2, -0.15) is 0 Å². The summed E-state index contributed by atoms with van der Waals surface area (Å²) in [4.78, 5) is 28.8. The zero-order valence-electron chi connectivity index (χ0n) is 13.6. The molecule has 1 aromatic carbocycles. The monoisotopic (exact) mass is 379 g/mol. The van der Waals surface area contributed by atoms with E-state index in [-0.39, 0.29) is 34.0 Å². The Morgan fingerprint density at radius 1 is 1.27 bits per heavy atom. The highest BCUT2D eigenvalue weighted by molar-refractivity contribution is 7.22. The molecule has 2 aromatic rings. The first kappa shape index (κ1) is 16.9. The van der Waals surface area contributed by atoms with Gasteiger partial charge in [0.25, 0.3) is 5.91 Å². The summed E-state index contributed by atoms with van der Waals surface area (Å²) in [5, 5.41) is 0.179. The largest absolute Gasteiger partial charge is 0.496 e. The van der Waals surface area contributed by atoms with Crippen molar-refractivity contribution >= 4 is 38.4 Å². The molecule has 2 atom stereocenters. The minimum Gasteiger partial charge on any atom is -0.496 e. The number of carbonyl (C=O) groups is 2. The van der Waals surface area contributed by atoms with Gasteiger partial charge in [-0.05, 0) is 25.3 Å². The molecule has 1 aliphatic heterocycles. The Bertz CT molecular complexity index is 927. The first-order chi connectivity index (χ1) is 12.5. The smallest absolute Gasteiger partial charge is 0.276 e. The number of fused-ring (bicyclic) bond motifs is 2. The standard InChI is InChI=1S/C17H15F2N3O3S/c18-8-5-11(19)14-13(6-8)26-17(20-14)22-21-16(24)10-7-25-12-4-2-1-3-9(12)15(10)23/h5-7,9,12H,1-4H2,(H,20,22)(H,21,24). The van der Waals surface area contributed by atoms with Crippen molar-refractivity contribution in [1.29, 1.82) is 0 Å². The maximum atomic E-state index is 13.7. The van der Waals surface area contributed by atoms with Crippen molar-refractivity contribution in [2.75, 3.05) is 5.43 Å². The Morgan fingerprint density at radius 2 is 2.08 bits per heavy atom. The molecule has 26 heavy (non-hydrogen) atoms. The second-order valence-corrected chi connectivity index (χ2v) is 7.32. The molecular formula is C17H15F2N3O3S. The Hall–Kier alpha value is -2.55. The fourth-order valence-electron chi connectivity index (χ4n) is 3.33. The van der Waals surface area contributed by atoms with Crippen molar-refractivity contribution in [2.24, 2.45) is 5.92 Å². The number of hydrogen-bond donors (Lipinski definition) is 2. The maximum absolute atomic E-state index is 13.7. The molecule has 1 aromatic heterocycles. The molecule has 0 spiro atoms. The van der Waals surface area contributed by atoms with Crippen molar-refractivity contribution < 1.29 is 23.1 Å². The second kappa shape index (κ2) is 6.64. The summed E-state index contributed by atoms with van der Waals surface area (Å²) in [5.74, 6) is -2.64. The van der Waals surface area contributed by atoms with Gasteiger partial charge < -0.3 is 4.74 Å². The van der Waals surface area contributed by atoms with Crippen molar-refractivity contribution in [3.8, 4) is 0 Å². The van der Waals surface area contributed by atoms with Gasteiger partial charge in [0.1, 0.15) is 23.0 Å². The third-order valence-corrected chi connectivity index (χ3v) is 5.52. The quantitative estimate of drug-likeness (QED) is 0.633. The number of hydrazine groups is 1. The van der Waals surface area contributed by atoms with Crippen molar-refractivity contribution in [3.05, 3.63) is 35.6 Å². The van der Waals surface area contributed by atoms with Crippen LogP contribution in [0, 0.1) is 17.6 Å². The van der Waals surface area contributed by atoms with E-state index < -0.39 is 17.5 Å². The molecule has 2 aliphatic rings. The van der Waals surface area contributed by atoms with Crippen LogP contribution < -0.4 is 10.9 Å². The number of ether oxygens (including phenoxy) is 1. The summed E-state index contributed by atoms with van der Waals surface area (Å²) in [6, 6.07) is 1.90. The Morgan fingerprint density at radius 3 is 2.92 bits per heavy atom. The van der Waals surface area contributed by atoms with E-state index in [1.54, 1.807) is 0 Å². The van der Waals surface area contributed by atoms with Crippen LogP contribution in [0.1, 0.15) is 25.7 Å². The van der Waals surface area contributed by atoms with Gasteiger partial charge in [-0.15, -0.1) is 0 Å². The molecule has 136 valence electrons. The minimum atomic E-state index is -0.780. The first-order valence-electron chi connectivity index (χ1n) is 8.24. The van der Waals surface area contributed by atoms with Crippen LogP contribution in [0.3, 0.4) is 0 Å². The number of carbonyl (C=O) groups excluding carboxylic acids is 2. The molecule has 6 nitrogen and oxygen atoms in total. The Kier molecular flexibility index (Phi) is 4.31. The van der Waals surface area contributed by atoms with E-state index in [1.165, 1.54) is 6.26 Å². The molecule has 0 bridgehead atoms. The number of Topliss-reactive ketones (excluding diaryl/α,β-unsaturated/α-hetero) is 1. The van der Waals surface area contributed by atoms with Crippen LogP contribution >= 0.6 is 11.3 Å². The van der Waals surface area contributed by atoms with Crippen molar-refractivity contribution in [1.82, 2.24) is 10.4 Å². The fraction of sp³-hybridized carbons (Fsp3) is 0.353. The molecular weight excluding hydrogens is 364 g/mol. The van der Waals surface area contributed by atoms with E-state index in [2.05, 4.69) is 15.8 Å². The van der Waals surface area contributed by atoms with Gasteiger partial charge in [-0.25, -0.2) is 13.8 Å². The molecule has 0 saturated heterocycles. The average Bonchev–Trinajstić information content (AvgIpc) is 3.03. The lowest BCUT2D eigenvalue weighted by Gasteiger charge is -2.33. The normalized spacial score (nSPS) is 22.4. The van der Waals surface area contributed by atoms with Crippen LogP contribution in [0.15, 0.2) is 24.0 Å². The van der Waals surface area contributed by atoms with Gasteiger partial charge in [-0.1, -0.05) is 17.8 Å². The highest BCUT2D eigenvalue weighted by Gasteiger charge is 2.39. The highest BCUT2D eigenvalue weighted by atomic mass is 32.1. The molecule has 1 saturated carbocycles. The van der Waals surface area contributed by atoms with Gasteiger partial charge in [0.2, 0.25) is 5.13 Å². The van der Waals surface area contributed by atoms with Crippen LogP contribution in [0.25, 0.3) is 10.2 Å².